The molecule has 2 N–H and O–H groups in total. The predicted octanol–water partition coefficient (Wildman–Crippen LogP) is 1.79. The Morgan fingerprint density at radius 1 is 1.00 bits per heavy atom. The third-order valence-corrected chi connectivity index (χ3v) is 3.23. The van der Waals surface area contributed by atoms with Crippen LogP contribution in [0.25, 0.3) is 0 Å². The van der Waals surface area contributed by atoms with Gasteiger partial charge in [0.1, 0.15) is 12.3 Å². The van der Waals surface area contributed by atoms with Crippen molar-refractivity contribution in [1.82, 2.24) is 10.6 Å². The molecule has 0 aliphatic heterocycles. The Morgan fingerprint density at radius 3 is 2.50 bits per heavy atom. The fourth-order valence-corrected chi connectivity index (χ4v) is 1.94. The average Bonchev–Trinajstić information content (AvgIpc) is 3.11. The SMILES string of the molecule is COCCCNC(=NCc1ccco1)NCCCCOCCOC. The van der Waals surface area contributed by atoms with E-state index in [2.05, 4.69) is 15.6 Å². The predicted molar refractivity (Wildman–Crippen MR) is 94.3 cm³/mol. The molecule has 0 aromatic carbocycles. The van der Waals surface area contributed by atoms with Gasteiger partial charge in [0.2, 0.25) is 0 Å². The van der Waals surface area contributed by atoms with Gasteiger partial charge in [-0.2, -0.15) is 0 Å². The van der Waals surface area contributed by atoms with Gasteiger partial charge in [-0.15, -0.1) is 0 Å². The quantitative estimate of drug-likeness (QED) is 0.305. The number of ether oxygens (including phenoxy) is 3. The monoisotopic (exact) mass is 341 g/mol. The van der Waals surface area contributed by atoms with E-state index >= 15 is 0 Å². The molecule has 138 valence electrons. The Bertz CT molecular complexity index is 410. The van der Waals surface area contributed by atoms with E-state index in [0.29, 0.717) is 19.8 Å². The van der Waals surface area contributed by atoms with Crippen LogP contribution in [-0.4, -0.2) is 59.7 Å². The van der Waals surface area contributed by atoms with Crippen LogP contribution in [0.1, 0.15) is 25.0 Å². The van der Waals surface area contributed by atoms with Gasteiger partial charge in [0.15, 0.2) is 5.96 Å². The molecule has 0 aliphatic rings. The normalized spacial score (nSPS) is 11.7. The number of furan rings is 1. The summed E-state index contributed by atoms with van der Waals surface area (Å²) in [7, 11) is 3.38. The zero-order valence-corrected chi connectivity index (χ0v) is 14.9. The van der Waals surface area contributed by atoms with E-state index < -0.39 is 0 Å². The first kappa shape index (κ1) is 20.5. The van der Waals surface area contributed by atoms with Crippen molar-refractivity contribution in [2.75, 3.05) is 53.7 Å². The third-order valence-electron chi connectivity index (χ3n) is 3.23. The molecule has 0 bridgehead atoms. The van der Waals surface area contributed by atoms with Gasteiger partial charge >= 0.3 is 0 Å². The Balaban J connectivity index is 2.21. The second kappa shape index (κ2) is 15.0. The van der Waals surface area contributed by atoms with E-state index in [1.165, 1.54) is 0 Å². The molecular formula is C17H31N3O4. The minimum Gasteiger partial charge on any atom is -0.467 e. The molecule has 0 spiro atoms. The van der Waals surface area contributed by atoms with E-state index in [0.717, 1.165) is 57.3 Å². The standard InChI is InChI=1S/C17H31N3O4/c1-21-10-6-9-19-17(20-15-16-7-5-12-24-16)18-8-3-4-11-23-14-13-22-2/h5,7,12H,3-4,6,8-11,13-15H2,1-2H3,(H2,18,19,20). The van der Waals surface area contributed by atoms with Crippen molar-refractivity contribution in [1.29, 1.82) is 0 Å². The van der Waals surface area contributed by atoms with Gasteiger partial charge in [0.05, 0.1) is 19.5 Å². The highest BCUT2D eigenvalue weighted by atomic mass is 16.5. The fraction of sp³-hybridized carbons (Fsp3) is 0.706. The van der Waals surface area contributed by atoms with Crippen molar-refractivity contribution in [2.45, 2.75) is 25.8 Å². The molecule has 1 aromatic heterocycles. The average molecular weight is 341 g/mol. The van der Waals surface area contributed by atoms with Gasteiger partial charge in [-0.1, -0.05) is 0 Å². The smallest absolute Gasteiger partial charge is 0.191 e. The van der Waals surface area contributed by atoms with Crippen LogP contribution in [0.5, 0.6) is 0 Å². The lowest BCUT2D eigenvalue weighted by molar-refractivity contribution is 0.0689. The van der Waals surface area contributed by atoms with Crippen molar-refractivity contribution in [3.05, 3.63) is 24.2 Å². The number of nitrogens with one attached hydrogen (secondary N) is 2. The summed E-state index contributed by atoms with van der Waals surface area (Å²) in [5, 5.41) is 6.64. The van der Waals surface area contributed by atoms with E-state index in [9.17, 15) is 0 Å². The summed E-state index contributed by atoms with van der Waals surface area (Å²) in [6.07, 6.45) is 4.62. The van der Waals surface area contributed by atoms with Gasteiger partial charge in [0, 0.05) is 40.5 Å². The zero-order valence-electron chi connectivity index (χ0n) is 14.9. The van der Waals surface area contributed by atoms with Crippen molar-refractivity contribution < 1.29 is 18.6 Å². The summed E-state index contributed by atoms with van der Waals surface area (Å²) in [5.41, 5.74) is 0. The summed E-state index contributed by atoms with van der Waals surface area (Å²) < 4.78 is 20.7. The molecule has 1 rings (SSSR count). The number of rotatable bonds is 14. The highest BCUT2D eigenvalue weighted by Gasteiger charge is 2.00. The summed E-state index contributed by atoms with van der Waals surface area (Å²) in [6.45, 7) is 4.98. The molecule has 0 saturated carbocycles. The second-order valence-corrected chi connectivity index (χ2v) is 5.26. The largest absolute Gasteiger partial charge is 0.467 e. The van der Waals surface area contributed by atoms with Gasteiger partial charge < -0.3 is 29.3 Å². The summed E-state index contributed by atoms with van der Waals surface area (Å²) >= 11 is 0. The molecule has 0 fully saturated rings. The minimum absolute atomic E-state index is 0.521. The molecule has 0 amide bonds. The molecule has 1 heterocycles. The van der Waals surface area contributed by atoms with E-state index in [4.69, 9.17) is 18.6 Å². The Kier molecular flexibility index (Phi) is 12.8. The van der Waals surface area contributed by atoms with Crippen LogP contribution >= 0.6 is 0 Å². The van der Waals surface area contributed by atoms with E-state index in [1.54, 1.807) is 20.5 Å². The number of aliphatic imine (C=N–C) groups is 1. The summed E-state index contributed by atoms with van der Waals surface area (Å²) in [6, 6.07) is 3.79. The molecule has 0 aliphatic carbocycles. The van der Waals surface area contributed by atoms with Crippen molar-refractivity contribution in [2.24, 2.45) is 4.99 Å². The van der Waals surface area contributed by atoms with Crippen LogP contribution in [-0.2, 0) is 20.8 Å². The minimum atomic E-state index is 0.521. The van der Waals surface area contributed by atoms with Crippen LogP contribution in [0.2, 0.25) is 0 Å². The molecule has 24 heavy (non-hydrogen) atoms. The number of nitrogens with zero attached hydrogens (tertiary/aromatic N) is 1. The summed E-state index contributed by atoms with van der Waals surface area (Å²) in [4.78, 5) is 4.53. The Hall–Kier alpha value is -1.57. The molecular weight excluding hydrogens is 310 g/mol. The third kappa shape index (κ3) is 11.0. The van der Waals surface area contributed by atoms with Crippen LogP contribution in [0, 0.1) is 0 Å². The number of hydrogen-bond donors (Lipinski definition) is 2. The Morgan fingerprint density at radius 2 is 1.79 bits per heavy atom. The van der Waals surface area contributed by atoms with Crippen LogP contribution in [0.3, 0.4) is 0 Å². The second-order valence-electron chi connectivity index (χ2n) is 5.26. The van der Waals surface area contributed by atoms with Gasteiger partial charge in [-0.05, 0) is 31.4 Å². The van der Waals surface area contributed by atoms with Crippen LogP contribution < -0.4 is 10.6 Å². The van der Waals surface area contributed by atoms with Gasteiger partial charge in [-0.3, -0.25) is 0 Å². The topological polar surface area (TPSA) is 77.2 Å². The molecule has 7 heteroatoms. The van der Waals surface area contributed by atoms with Crippen molar-refractivity contribution >= 4 is 5.96 Å². The number of hydrogen-bond acceptors (Lipinski definition) is 5. The highest BCUT2D eigenvalue weighted by molar-refractivity contribution is 5.79. The molecule has 7 nitrogen and oxygen atoms in total. The zero-order chi connectivity index (χ0) is 17.3. The van der Waals surface area contributed by atoms with E-state index in [1.807, 2.05) is 12.1 Å². The van der Waals surface area contributed by atoms with E-state index in [-0.39, 0.29) is 0 Å². The lowest BCUT2D eigenvalue weighted by atomic mass is 10.3. The highest BCUT2D eigenvalue weighted by Crippen LogP contribution is 2.01. The maximum absolute atomic E-state index is 5.44. The molecule has 0 radical (unpaired) electrons. The number of guanidine groups is 1. The van der Waals surface area contributed by atoms with Gasteiger partial charge in [-0.25, -0.2) is 4.99 Å². The number of methoxy groups -OCH3 is 2. The van der Waals surface area contributed by atoms with Crippen molar-refractivity contribution in [3.63, 3.8) is 0 Å². The summed E-state index contributed by atoms with van der Waals surface area (Å²) in [5.74, 6) is 1.64. The molecule has 1 aromatic rings. The first-order valence-corrected chi connectivity index (χ1v) is 8.47. The fourth-order valence-electron chi connectivity index (χ4n) is 1.94. The molecule has 0 unspecified atom stereocenters. The molecule has 0 saturated heterocycles. The lowest BCUT2D eigenvalue weighted by Gasteiger charge is -2.12. The van der Waals surface area contributed by atoms with Crippen molar-refractivity contribution in [3.8, 4) is 0 Å². The maximum Gasteiger partial charge on any atom is 0.191 e. The van der Waals surface area contributed by atoms with Crippen LogP contribution in [0.15, 0.2) is 27.8 Å². The first-order valence-electron chi connectivity index (χ1n) is 8.47. The first-order chi connectivity index (χ1) is 11.9. The number of unbranched alkanes of at least 4 members (excludes halogenated alkanes) is 1. The molecule has 0 atom stereocenters. The lowest BCUT2D eigenvalue weighted by Crippen LogP contribution is -2.38. The van der Waals surface area contributed by atoms with Crippen LogP contribution in [0.4, 0.5) is 0 Å². The maximum atomic E-state index is 5.44. The Labute approximate surface area is 144 Å². The van der Waals surface area contributed by atoms with Gasteiger partial charge in [0.25, 0.3) is 0 Å².